The molecule has 5 nitrogen and oxygen atoms in total. The maximum absolute atomic E-state index is 13.1. The van der Waals surface area contributed by atoms with Gasteiger partial charge in [0.1, 0.15) is 5.82 Å². The molecule has 1 atom stereocenters. The molecule has 0 aliphatic heterocycles. The largest absolute Gasteiger partial charge is 0.378 e. The first kappa shape index (κ1) is 19.2. The summed E-state index contributed by atoms with van der Waals surface area (Å²) in [5.74, 6) is -0.597. The Balaban J connectivity index is 1.90. The summed E-state index contributed by atoms with van der Waals surface area (Å²) in [5, 5.41) is 14.4. The molecule has 0 spiro atoms. The number of carbonyl (C=O) groups is 1. The zero-order valence-electron chi connectivity index (χ0n) is 15.3. The van der Waals surface area contributed by atoms with Crippen LogP contribution in [0.5, 0.6) is 0 Å². The topological polar surface area (TPSA) is 72.2 Å². The quantitative estimate of drug-likeness (QED) is 0.336. The van der Waals surface area contributed by atoms with Gasteiger partial charge in [-0.25, -0.2) is 4.39 Å². The molecular weight excluding hydrogens is 359 g/mol. The third-order valence-electron chi connectivity index (χ3n) is 4.43. The van der Waals surface area contributed by atoms with Crippen molar-refractivity contribution in [2.45, 2.75) is 19.4 Å². The van der Waals surface area contributed by atoms with Crippen molar-refractivity contribution in [1.29, 1.82) is 0 Å². The minimum absolute atomic E-state index is 0.0394. The van der Waals surface area contributed by atoms with Gasteiger partial charge < -0.3 is 5.32 Å². The molecule has 3 rings (SSSR count). The molecule has 0 saturated heterocycles. The number of halogens is 1. The lowest BCUT2D eigenvalue weighted by molar-refractivity contribution is -0.384. The average Bonchev–Trinajstić information content (AvgIpc) is 2.69. The highest BCUT2D eigenvalue weighted by molar-refractivity contribution is 5.96. The summed E-state index contributed by atoms with van der Waals surface area (Å²) >= 11 is 0. The Morgan fingerprint density at radius 3 is 2.39 bits per heavy atom. The van der Waals surface area contributed by atoms with Gasteiger partial charge in [0, 0.05) is 29.8 Å². The minimum Gasteiger partial charge on any atom is -0.378 e. The van der Waals surface area contributed by atoms with Gasteiger partial charge >= 0.3 is 0 Å². The number of nitro benzene ring substituents is 1. The minimum atomic E-state index is -0.472. The van der Waals surface area contributed by atoms with Gasteiger partial charge in [-0.15, -0.1) is 0 Å². The highest BCUT2D eigenvalue weighted by atomic mass is 19.1. The van der Waals surface area contributed by atoms with Crippen LogP contribution in [0, 0.1) is 22.9 Å². The van der Waals surface area contributed by atoms with E-state index in [1.807, 2.05) is 31.2 Å². The first-order valence-corrected chi connectivity index (χ1v) is 8.79. The van der Waals surface area contributed by atoms with Gasteiger partial charge in [0.2, 0.25) is 0 Å². The monoisotopic (exact) mass is 378 g/mol. The van der Waals surface area contributed by atoms with E-state index in [0.717, 1.165) is 11.3 Å². The standard InChI is InChI=1S/C22H19FN2O3/c1-15-5-11-19(12-6-15)24-21(17-3-2-4-20(13-17)25(27)28)14-22(26)16-7-9-18(23)10-8-16/h2-13,21,24H,14H2,1H3. The van der Waals surface area contributed by atoms with Crippen LogP contribution in [0.3, 0.4) is 0 Å². The van der Waals surface area contributed by atoms with Crippen molar-refractivity contribution in [3.05, 3.63) is 105 Å². The highest BCUT2D eigenvalue weighted by Gasteiger charge is 2.19. The summed E-state index contributed by atoms with van der Waals surface area (Å²) in [6, 6.07) is 18.8. The van der Waals surface area contributed by atoms with Crippen molar-refractivity contribution in [3.63, 3.8) is 0 Å². The van der Waals surface area contributed by atoms with Crippen molar-refractivity contribution in [3.8, 4) is 0 Å². The normalized spacial score (nSPS) is 11.6. The van der Waals surface area contributed by atoms with E-state index in [1.54, 1.807) is 12.1 Å². The average molecular weight is 378 g/mol. The third kappa shape index (κ3) is 4.79. The van der Waals surface area contributed by atoms with Crippen molar-refractivity contribution in [2.75, 3.05) is 5.32 Å². The predicted molar refractivity (Wildman–Crippen MR) is 106 cm³/mol. The molecule has 28 heavy (non-hydrogen) atoms. The molecule has 3 aromatic carbocycles. The van der Waals surface area contributed by atoms with Crippen LogP contribution in [0.25, 0.3) is 0 Å². The molecule has 1 N–H and O–H groups in total. The number of non-ortho nitro benzene ring substituents is 1. The molecule has 0 aliphatic carbocycles. The Labute approximate surface area is 162 Å². The van der Waals surface area contributed by atoms with Gasteiger partial charge in [0.05, 0.1) is 11.0 Å². The first-order valence-electron chi connectivity index (χ1n) is 8.79. The Kier molecular flexibility index (Phi) is 5.79. The highest BCUT2D eigenvalue weighted by Crippen LogP contribution is 2.27. The fourth-order valence-corrected chi connectivity index (χ4v) is 2.90. The molecule has 3 aromatic rings. The Bertz CT molecular complexity index is 985. The summed E-state index contributed by atoms with van der Waals surface area (Å²) in [4.78, 5) is 23.4. The molecule has 0 heterocycles. The number of anilines is 1. The number of hydrogen-bond acceptors (Lipinski definition) is 4. The van der Waals surface area contributed by atoms with E-state index in [9.17, 15) is 19.3 Å². The Hall–Kier alpha value is -3.54. The molecule has 0 radical (unpaired) electrons. The van der Waals surface area contributed by atoms with Crippen LogP contribution in [0.4, 0.5) is 15.8 Å². The number of Topliss-reactive ketones (excluding diaryl/α,β-unsaturated/α-hetero) is 1. The van der Waals surface area contributed by atoms with Crippen molar-refractivity contribution < 1.29 is 14.1 Å². The molecule has 0 fully saturated rings. The second kappa shape index (κ2) is 8.43. The number of rotatable bonds is 7. The maximum Gasteiger partial charge on any atom is 0.269 e. The summed E-state index contributed by atoms with van der Waals surface area (Å²) in [6.07, 6.45) is 0.0701. The third-order valence-corrected chi connectivity index (χ3v) is 4.43. The fraction of sp³-hybridized carbons (Fsp3) is 0.136. The van der Waals surface area contributed by atoms with Crippen LogP contribution < -0.4 is 5.32 Å². The summed E-state index contributed by atoms with van der Waals surface area (Å²) in [6.45, 7) is 1.97. The van der Waals surface area contributed by atoms with Crippen molar-refractivity contribution in [2.24, 2.45) is 0 Å². The fourth-order valence-electron chi connectivity index (χ4n) is 2.90. The molecular formula is C22H19FN2O3. The van der Waals surface area contributed by atoms with Gasteiger partial charge in [-0.2, -0.15) is 0 Å². The van der Waals surface area contributed by atoms with Crippen molar-refractivity contribution in [1.82, 2.24) is 0 Å². The van der Waals surface area contributed by atoms with Crippen LogP contribution >= 0.6 is 0 Å². The predicted octanol–water partition coefficient (Wildman–Crippen LogP) is 5.47. The molecule has 1 unspecified atom stereocenters. The van der Waals surface area contributed by atoms with E-state index in [1.165, 1.54) is 36.4 Å². The van der Waals surface area contributed by atoms with Crippen LogP contribution in [-0.2, 0) is 0 Å². The lowest BCUT2D eigenvalue weighted by Gasteiger charge is -2.20. The first-order chi connectivity index (χ1) is 13.4. The van der Waals surface area contributed by atoms with E-state index in [-0.39, 0.29) is 17.9 Å². The van der Waals surface area contributed by atoms with E-state index in [4.69, 9.17) is 0 Å². The summed E-state index contributed by atoms with van der Waals surface area (Å²) in [7, 11) is 0. The van der Waals surface area contributed by atoms with E-state index >= 15 is 0 Å². The van der Waals surface area contributed by atoms with Crippen LogP contribution in [0.2, 0.25) is 0 Å². The molecule has 0 aromatic heterocycles. The number of nitro groups is 1. The molecule has 0 aliphatic rings. The molecule has 0 saturated carbocycles. The SMILES string of the molecule is Cc1ccc(NC(CC(=O)c2ccc(F)cc2)c2cccc([N+](=O)[O-])c2)cc1. The number of carbonyl (C=O) groups excluding carboxylic acids is 1. The number of nitrogens with one attached hydrogen (secondary N) is 1. The number of aryl methyl sites for hydroxylation is 1. The zero-order chi connectivity index (χ0) is 20.1. The van der Waals surface area contributed by atoms with Gasteiger partial charge in [-0.05, 0) is 48.9 Å². The van der Waals surface area contributed by atoms with Crippen LogP contribution in [0.1, 0.15) is 33.9 Å². The molecule has 0 amide bonds. The van der Waals surface area contributed by atoms with Crippen molar-refractivity contribution >= 4 is 17.2 Å². The Morgan fingerprint density at radius 1 is 1.07 bits per heavy atom. The smallest absolute Gasteiger partial charge is 0.269 e. The lowest BCUT2D eigenvalue weighted by Crippen LogP contribution is -2.16. The maximum atomic E-state index is 13.1. The second-order valence-corrected chi connectivity index (χ2v) is 6.55. The summed E-state index contributed by atoms with van der Waals surface area (Å²) in [5.41, 5.74) is 2.88. The van der Waals surface area contributed by atoms with E-state index in [2.05, 4.69) is 5.32 Å². The van der Waals surface area contributed by atoms with Gasteiger partial charge in [0.25, 0.3) is 5.69 Å². The molecule has 0 bridgehead atoms. The van der Waals surface area contributed by atoms with E-state index in [0.29, 0.717) is 11.1 Å². The number of nitrogens with zero attached hydrogens (tertiary/aromatic N) is 1. The van der Waals surface area contributed by atoms with Gasteiger partial charge in [0.15, 0.2) is 5.78 Å². The lowest BCUT2D eigenvalue weighted by atomic mass is 9.97. The van der Waals surface area contributed by atoms with Crippen LogP contribution in [0.15, 0.2) is 72.8 Å². The Morgan fingerprint density at radius 2 is 1.75 bits per heavy atom. The molecule has 6 heteroatoms. The second-order valence-electron chi connectivity index (χ2n) is 6.55. The number of benzene rings is 3. The van der Waals surface area contributed by atoms with Gasteiger partial charge in [-0.3, -0.25) is 14.9 Å². The van der Waals surface area contributed by atoms with Crippen LogP contribution in [-0.4, -0.2) is 10.7 Å². The zero-order valence-corrected chi connectivity index (χ0v) is 15.3. The van der Waals surface area contributed by atoms with Gasteiger partial charge in [-0.1, -0.05) is 29.8 Å². The number of ketones is 1. The number of hydrogen-bond donors (Lipinski definition) is 1. The molecule has 142 valence electrons. The van der Waals surface area contributed by atoms with E-state index < -0.39 is 16.8 Å². The summed E-state index contributed by atoms with van der Waals surface area (Å²) < 4.78 is 13.1.